The van der Waals surface area contributed by atoms with Gasteiger partial charge in [0.15, 0.2) is 0 Å². The maximum atomic E-state index is 5.18. The van der Waals surface area contributed by atoms with E-state index in [0.29, 0.717) is 23.5 Å². The minimum absolute atomic E-state index is 0.191. The van der Waals surface area contributed by atoms with Crippen molar-refractivity contribution >= 4 is 31.1 Å². The summed E-state index contributed by atoms with van der Waals surface area (Å²) >= 11 is 0. The molecule has 5 heterocycles. The summed E-state index contributed by atoms with van der Waals surface area (Å²) in [6, 6.07) is 93.5. The molecule has 0 saturated heterocycles. The molecule has 0 spiro atoms. The van der Waals surface area contributed by atoms with Crippen LogP contribution in [0.1, 0.15) is 151 Å². The number of hydrogen-bond acceptors (Lipinski definition) is 10. The highest BCUT2D eigenvalue weighted by Crippen LogP contribution is 2.50. The quantitative estimate of drug-likeness (QED) is 0.0839. The maximum absolute atomic E-state index is 5.18. The van der Waals surface area contributed by atoms with E-state index in [2.05, 4.69) is 222 Å². The molecule has 0 aliphatic heterocycles. The van der Waals surface area contributed by atoms with Crippen LogP contribution in [-0.4, -0.2) is 67.6 Å². The first-order valence-corrected chi connectivity index (χ1v) is 35.7. The van der Waals surface area contributed by atoms with Gasteiger partial charge in [0.25, 0.3) is 0 Å². The minimum atomic E-state index is -0.431. The zero-order valence-electron chi connectivity index (χ0n) is 59.6. The molecule has 510 valence electrons. The van der Waals surface area contributed by atoms with E-state index >= 15 is 0 Å². The topological polar surface area (TPSA) is 126 Å². The normalized spacial score (nSPS) is 16.2. The van der Waals surface area contributed by atoms with Gasteiger partial charge >= 0.3 is 0 Å². The van der Waals surface area contributed by atoms with Crippen LogP contribution in [0.2, 0.25) is 0 Å². The van der Waals surface area contributed by atoms with Crippen LogP contribution in [0.15, 0.2) is 329 Å². The Morgan fingerprint density at radius 1 is 0.402 bits per heavy atom. The van der Waals surface area contributed by atoms with Gasteiger partial charge in [0, 0.05) is 68.1 Å². The molecule has 7 aromatic carbocycles. The van der Waals surface area contributed by atoms with Crippen LogP contribution in [0.3, 0.4) is 0 Å². The smallest absolute Gasteiger partial charge is 0.108 e. The van der Waals surface area contributed by atoms with Gasteiger partial charge in [0.05, 0.1) is 40.1 Å². The molecule has 10 heteroatoms. The summed E-state index contributed by atoms with van der Waals surface area (Å²) in [6.07, 6.45) is 27.3. The Labute approximate surface area is 604 Å². The summed E-state index contributed by atoms with van der Waals surface area (Å²) in [7, 11) is 0. The summed E-state index contributed by atoms with van der Waals surface area (Å²) < 4.78 is 0. The molecule has 1 unspecified atom stereocenters. The van der Waals surface area contributed by atoms with Gasteiger partial charge in [-0.3, -0.25) is 49.9 Å². The fraction of sp³-hybridized carbons (Fsp3) is 0.217. The average molecular weight is 1340 g/mol. The van der Waals surface area contributed by atoms with Crippen molar-refractivity contribution in [1.29, 1.82) is 0 Å². The van der Waals surface area contributed by atoms with Gasteiger partial charge in [0.2, 0.25) is 0 Å². The highest BCUT2D eigenvalue weighted by molar-refractivity contribution is 5.81. The Balaban J connectivity index is 0.000000135. The highest BCUT2D eigenvalue weighted by Gasteiger charge is 2.44. The van der Waals surface area contributed by atoms with Gasteiger partial charge in [-0.05, 0) is 212 Å². The molecule has 10 nitrogen and oxygen atoms in total. The molecular weight excluding hydrogens is 1250 g/mol. The van der Waals surface area contributed by atoms with Crippen molar-refractivity contribution in [2.24, 2.45) is 36.8 Å². The Hall–Kier alpha value is -11.4. The van der Waals surface area contributed by atoms with Crippen molar-refractivity contribution in [1.82, 2.24) is 24.9 Å². The number of pyridine rings is 5. The van der Waals surface area contributed by atoms with Gasteiger partial charge < -0.3 is 0 Å². The largest absolute Gasteiger partial charge is 0.288 e. The number of fused-ring (bicyclic) bond motifs is 3. The lowest BCUT2D eigenvalue weighted by molar-refractivity contribution is 0.422. The molecule has 12 aromatic rings. The lowest BCUT2D eigenvalue weighted by Crippen LogP contribution is -2.21. The molecule has 2 fully saturated rings. The van der Waals surface area contributed by atoms with Gasteiger partial charge in [-0.25, -0.2) is 0 Å². The predicted octanol–water partition coefficient (Wildman–Crippen LogP) is 21.3. The molecule has 0 amide bonds. The molecule has 15 rings (SSSR count). The van der Waals surface area contributed by atoms with Gasteiger partial charge in [-0.1, -0.05) is 226 Å². The van der Waals surface area contributed by atoms with E-state index in [1.165, 1.54) is 87.7 Å². The molecule has 2 bridgehead atoms. The molecular formula is C92H92N10. The molecule has 102 heavy (non-hydrogen) atoms. The summed E-state index contributed by atoms with van der Waals surface area (Å²) in [5.74, 6) is 1.55. The lowest BCUT2D eigenvalue weighted by Gasteiger charge is -2.26. The van der Waals surface area contributed by atoms with E-state index in [1.807, 2.05) is 165 Å². The first-order valence-electron chi connectivity index (χ1n) is 35.7. The van der Waals surface area contributed by atoms with E-state index in [9.17, 15) is 0 Å². The van der Waals surface area contributed by atoms with Crippen LogP contribution < -0.4 is 0 Å². The highest BCUT2D eigenvalue weighted by atomic mass is 14.9. The predicted molar refractivity (Wildman–Crippen MR) is 425 cm³/mol. The Bertz CT molecular complexity index is 4520. The summed E-state index contributed by atoms with van der Waals surface area (Å²) in [4.78, 5) is 45.4. The SMILES string of the molecule is C(=NC12CCC(CC1)C2)c1ccccn1.C(=NC1CCc2ccccc21)c1ccccn1.CC(C)[C@H](C)N=Cc1ccccn1.CC(N=Cc1ccccn1)(c1ccccc1)c1ccccc1.Cc1ccccc1-c1ccccc1C(N=Cc1ccccn1)c1ccccc1-c1ccccc1C. The van der Waals surface area contributed by atoms with Gasteiger partial charge in [0.1, 0.15) is 11.6 Å². The molecule has 0 N–H and O–H groups in total. The average Bonchev–Trinajstić information content (AvgIpc) is 0.860. The molecule has 2 saturated carbocycles. The second-order valence-corrected chi connectivity index (χ2v) is 26.7. The van der Waals surface area contributed by atoms with E-state index < -0.39 is 5.54 Å². The third kappa shape index (κ3) is 20.0. The number of rotatable bonds is 17. The Kier molecular flexibility index (Phi) is 25.8. The van der Waals surface area contributed by atoms with E-state index in [0.717, 1.165) is 58.4 Å². The number of aromatic nitrogens is 5. The van der Waals surface area contributed by atoms with Crippen LogP contribution in [0.5, 0.6) is 0 Å². The Morgan fingerprint density at radius 2 is 0.804 bits per heavy atom. The Morgan fingerprint density at radius 3 is 1.25 bits per heavy atom. The van der Waals surface area contributed by atoms with E-state index in [4.69, 9.17) is 15.0 Å². The van der Waals surface area contributed by atoms with Gasteiger partial charge in [-0.15, -0.1) is 0 Å². The zero-order valence-corrected chi connectivity index (χ0v) is 59.6. The number of nitrogens with zero attached hydrogens (tertiary/aromatic N) is 10. The van der Waals surface area contributed by atoms with Gasteiger partial charge in [-0.2, -0.15) is 0 Å². The van der Waals surface area contributed by atoms with Crippen LogP contribution in [-0.2, 0) is 12.0 Å². The van der Waals surface area contributed by atoms with Crippen LogP contribution in [0.4, 0.5) is 0 Å². The first-order chi connectivity index (χ1) is 50.0. The van der Waals surface area contributed by atoms with Crippen molar-refractivity contribution in [3.63, 3.8) is 0 Å². The number of aliphatic imine (C=N–C) groups is 5. The monoisotopic (exact) mass is 1340 g/mol. The van der Waals surface area contributed by atoms with Crippen LogP contribution >= 0.6 is 0 Å². The third-order valence-electron chi connectivity index (χ3n) is 19.4. The van der Waals surface area contributed by atoms with Crippen molar-refractivity contribution in [3.05, 3.63) is 377 Å². The number of aryl methyl sites for hydroxylation is 3. The van der Waals surface area contributed by atoms with Crippen molar-refractivity contribution < 1.29 is 0 Å². The lowest BCUT2D eigenvalue weighted by atomic mass is 9.85. The molecule has 3 aliphatic rings. The summed E-state index contributed by atoms with van der Waals surface area (Å²) in [5, 5.41) is 0. The van der Waals surface area contributed by atoms with E-state index in [-0.39, 0.29) is 6.04 Å². The number of hydrogen-bond donors (Lipinski definition) is 0. The van der Waals surface area contributed by atoms with Crippen molar-refractivity contribution in [2.45, 2.75) is 116 Å². The van der Waals surface area contributed by atoms with Crippen molar-refractivity contribution in [3.8, 4) is 22.3 Å². The number of benzene rings is 7. The third-order valence-corrected chi connectivity index (χ3v) is 19.4. The molecule has 2 atom stereocenters. The van der Waals surface area contributed by atoms with E-state index in [1.54, 1.807) is 24.8 Å². The van der Waals surface area contributed by atoms with Crippen molar-refractivity contribution in [2.75, 3.05) is 0 Å². The molecule has 5 aromatic heterocycles. The second kappa shape index (κ2) is 36.6. The standard InChI is InChI=1S/C33H28N2.C20H18N2.C15H14N2.C13H16N2.C11H16N2/c1-24-13-3-5-16-27(24)29-18-7-9-20-31(29)33(35-23-26-15-11-12-22-34-26)32-21-10-8-19-30(32)28-17-6-4-14-25(28)2;1-20(17-10-4-2-5-11-17,18-12-6-3-7-13-18)22-16-19-14-8-9-15-21-19;1-2-7-14-12(5-1)8-9-15(14)17-11-13-6-3-4-10-16-13;1-2-8-14-12(3-1)10-15-13-6-4-11(9-13)5-7-13;1-9(2)10(3)13-8-11-6-4-5-7-12-11/h3-23,33H,1-2H3;2-16H,1H3;1-7,10-11,15H,8-9H2;1-3,8,10-11H,4-7,9H2;4-10H,1-3H3/t;;;;10-/m....0/s1. The fourth-order valence-electron chi connectivity index (χ4n) is 13.3. The summed E-state index contributed by atoms with van der Waals surface area (Å²) in [6.45, 7) is 12.9. The van der Waals surface area contributed by atoms with Crippen LogP contribution in [0.25, 0.3) is 22.3 Å². The first kappa shape index (κ1) is 71.9. The molecule has 0 radical (unpaired) electrons. The second-order valence-electron chi connectivity index (χ2n) is 26.7. The molecule has 3 aliphatic carbocycles. The zero-order chi connectivity index (χ0) is 70.6. The van der Waals surface area contributed by atoms with Crippen LogP contribution in [0, 0.1) is 25.7 Å². The maximum Gasteiger partial charge on any atom is 0.108 e. The fourth-order valence-corrected chi connectivity index (χ4v) is 13.3. The minimum Gasteiger partial charge on any atom is -0.288 e. The summed E-state index contributed by atoms with van der Waals surface area (Å²) in [5.41, 5.74) is 19.3.